The van der Waals surface area contributed by atoms with Crippen molar-refractivity contribution < 1.29 is 4.79 Å². The van der Waals surface area contributed by atoms with Crippen LogP contribution in [0.5, 0.6) is 0 Å². The van der Waals surface area contributed by atoms with Crippen LogP contribution in [0.15, 0.2) is 35.2 Å². The Kier molecular flexibility index (Phi) is 4.01. The van der Waals surface area contributed by atoms with Gasteiger partial charge in [0.15, 0.2) is 0 Å². The second-order valence-electron chi connectivity index (χ2n) is 4.26. The van der Waals surface area contributed by atoms with Gasteiger partial charge in [0.05, 0.1) is 10.7 Å². The van der Waals surface area contributed by atoms with E-state index in [-0.39, 0.29) is 5.91 Å². The molecule has 0 aliphatic carbocycles. The van der Waals surface area contributed by atoms with E-state index in [0.29, 0.717) is 21.4 Å². The van der Waals surface area contributed by atoms with E-state index < -0.39 is 0 Å². The molecule has 0 radical (unpaired) electrons. The van der Waals surface area contributed by atoms with Gasteiger partial charge in [0, 0.05) is 17.1 Å². The van der Waals surface area contributed by atoms with Crippen molar-refractivity contribution in [2.75, 3.05) is 5.32 Å². The summed E-state index contributed by atoms with van der Waals surface area (Å²) in [6.07, 6.45) is 1.49. The fourth-order valence-electron chi connectivity index (χ4n) is 1.74. The summed E-state index contributed by atoms with van der Waals surface area (Å²) >= 11 is 8.75. The molecule has 0 saturated carbocycles. The third-order valence-corrected chi connectivity index (χ3v) is 4.85. The summed E-state index contributed by atoms with van der Waals surface area (Å²) in [5.74, 6) is 0.260. The summed E-state index contributed by atoms with van der Waals surface area (Å²) in [7, 11) is 0. The standard InChI is InChI=1S/C14H10ClN3OS2/c1-8-12(21-14(17-8)9-4-5-20-7-9)13(19)18-11-3-2-10(15)6-16-11/h2-7H,1H3,(H,16,18,19). The Morgan fingerprint density at radius 2 is 2.19 bits per heavy atom. The quantitative estimate of drug-likeness (QED) is 0.767. The van der Waals surface area contributed by atoms with Crippen LogP contribution in [0.2, 0.25) is 5.02 Å². The average molecular weight is 336 g/mol. The van der Waals surface area contributed by atoms with Crippen LogP contribution in [0, 0.1) is 6.92 Å². The van der Waals surface area contributed by atoms with E-state index in [1.54, 1.807) is 23.5 Å². The number of aryl methyl sites for hydroxylation is 1. The molecule has 0 fully saturated rings. The van der Waals surface area contributed by atoms with E-state index in [2.05, 4.69) is 15.3 Å². The lowest BCUT2D eigenvalue weighted by Gasteiger charge is -2.02. The molecule has 0 aliphatic rings. The molecule has 106 valence electrons. The highest BCUT2D eigenvalue weighted by molar-refractivity contribution is 7.17. The molecular formula is C14H10ClN3OS2. The van der Waals surface area contributed by atoms with Gasteiger partial charge in [-0.15, -0.1) is 11.3 Å². The predicted molar refractivity (Wildman–Crippen MR) is 87.4 cm³/mol. The second kappa shape index (κ2) is 5.93. The van der Waals surface area contributed by atoms with Crippen molar-refractivity contribution in [2.24, 2.45) is 0 Å². The Morgan fingerprint density at radius 3 is 2.86 bits per heavy atom. The van der Waals surface area contributed by atoms with Crippen molar-refractivity contribution in [3.05, 3.63) is 50.7 Å². The first kappa shape index (κ1) is 14.2. The monoisotopic (exact) mass is 335 g/mol. The van der Waals surface area contributed by atoms with E-state index in [9.17, 15) is 4.79 Å². The Hall–Kier alpha value is -1.76. The number of thiophene rings is 1. The lowest BCUT2D eigenvalue weighted by atomic mass is 10.3. The molecular weight excluding hydrogens is 326 g/mol. The summed E-state index contributed by atoms with van der Waals surface area (Å²) in [6.45, 7) is 1.83. The second-order valence-corrected chi connectivity index (χ2v) is 6.48. The smallest absolute Gasteiger partial charge is 0.268 e. The number of anilines is 1. The number of hydrogen-bond donors (Lipinski definition) is 1. The molecule has 3 aromatic rings. The first-order chi connectivity index (χ1) is 10.1. The van der Waals surface area contributed by atoms with Crippen LogP contribution in [-0.2, 0) is 0 Å². The maximum absolute atomic E-state index is 12.3. The van der Waals surface area contributed by atoms with Gasteiger partial charge >= 0.3 is 0 Å². The zero-order chi connectivity index (χ0) is 14.8. The van der Waals surface area contributed by atoms with Gasteiger partial charge in [0.1, 0.15) is 15.7 Å². The number of carbonyl (C=O) groups is 1. The minimum atomic E-state index is -0.207. The van der Waals surface area contributed by atoms with Gasteiger partial charge in [-0.1, -0.05) is 11.6 Å². The molecule has 1 amide bonds. The van der Waals surface area contributed by atoms with Crippen molar-refractivity contribution in [3.63, 3.8) is 0 Å². The zero-order valence-corrected chi connectivity index (χ0v) is 13.4. The van der Waals surface area contributed by atoms with Crippen LogP contribution < -0.4 is 5.32 Å². The van der Waals surface area contributed by atoms with Crippen LogP contribution in [-0.4, -0.2) is 15.9 Å². The van der Waals surface area contributed by atoms with E-state index in [0.717, 1.165) is 10.6 Å². The number of amides is 1. The van der Waals surface area contributed by atoms with Gasteiger partial charge in [0.25, 0.3) is 5.91 Å². The Balaban J connectivity index is 1.83. The van der Waals surface area contributed by atoms with E-state index in [4.69, 9.17) is 11.6 Å². The zero-order valence-electron chi connectivity index (χ0n) is 11.0. The van der Waals surface area contributed by atoms with Crippen molar-refractivity contribution in [1.82, 2.24) is 9.97 Å². The SMILES string of the molecule is Cc1nc(-c2ccsc2)sc1C(=O)Nc1ccc(Cl)cn1. The van der Waals surface area contributed by atoms with Crippen LogP contribution in [0.3, 0.4) is 0 Å². The van der Waals surface area contributed by atoms with Crippen molar-refractivity contribution in [2.45, 2.75) is 6.92 Å². The molecule has 0 spiro atoms. The van der Waals surface area contributed by atoms with Gasteiger partial charge in [-0.2, -0.15) is 11.3 Å². The molecule has 1 N–H and O–H groups in total. The van der Waals surface area contributed by atoms with Gasteiger partial charge in [0.2, 0.25) is 0 Å². The van der Waals surface area contributed by atoms with E-state index >= 15 is 0 Å². The van der Waals surface area contributed by atoms with E-state index in [1.807, 2.05) is 23.8 Å². The molecule has 0 aromatic carbocycles. The van der Waals surface area contributed by atoms with E-state index in [1.165, 1.54) is 17.5 Å². The molecule has 3 aromatic heterocycles. The summed E-state index contributed by atoms with van der Waals surface area (Å²) in [5, 5.41) is 8.13. The molecule has 3 heterocycles. The summed E-state index contributed by atoms with van der Waals surface area (Å²) in [5.41, 5.74) is 1.75. The molecule has 0 atom stereocenters. The number of carbonyl (C=O) groups excluding carboxylic acids is 1. The van der Waals surface area contributed by atoms with Crippen LogP contribution in [0.1, 0.15) is 15.4 Å². The topological polar surface area (TPSA) is 54.9 Å². The predicted octanol–water partition coefficient (Wildman–Crippen LogP) is 4.48. The van der Waals surface area contributed by atoms with Crippen molar-refractivity contribution in [3.8, 4) is 10.6 Å². The van der Waals surface area contributed by atoms with Crippen LogP contribution in [0.25, 0.3) is 10.6 Å². The van der Waals surface area contributed by atoms with Gasteiger partial charge in [-0.05, 0) is 30.5 Å². The summed E-state index contributed by atoms with van der Waals surface area (Å²) in [4.78, 5) is 21.4. The van der Waals surface area contributed by atoms with Crippen molar-refractivity contribution in [1.29, 1.82) is 0 Å². The van der Waals surface area contributed by atoms with Crippen LogP contribution >= 0.6 is 34.3 Å². The number of rotatable bonds is 3. The number of pyridine rings is 1. The fraction of sp³-hybridized carbons (Fsp3) is 0.0714. The molecule has 4 nitrogen and oxygen atoms in total. The minimum Gasteiger partial charge on any atom is -0.306 e. The number of nitrogens with zero attached hydrogens (tertiary/aromatic N) is 2. The largest absolute Gasteiger partial charge is 0.306 e. The molecule has 0 bridgehead atoms. The lowest BCUT2D eigenvalue weighted by molar-refractivity contribution is 0.102. The molecule has 0 saturated heterocycles. The van der Waals surface area contributed by atoms with Crippen LogP contribution in [0.4, 0.5) is 5.82 Å². The highest BCUT2D eigenvalue weighted by Gasteiger charge is 2.16. The number of hydrogen-bond acceptors (Lipinski definition) is 5. The molecule has 3 rings (SSSR count). The number of thiazole rings is 1. The Morgan fingerprint density at radius 1 is 1.33 bits per heavy atom. The molecule has 7 heteroatoms. The normalized spacial score (nSPS) is 10.6. The maximum Gasteiger partial charge on any atom is 0.268 e. The molecule has 0 aliphatic heterocycles. The summed E-state index contributed by atoms with van der Waals surface area (Å²) < 4.78 is 0. The fourth-order valence-corrected chi connectivity index (χ4v) is 3.52. The number of aromatic nitrogens is 2. The third kappa shape index (κ3) is 3.12. The molecule has 0 unspecified atom stereocenters. The number of halogens is 1. The van der Waals surface area contributed by atoms with Gasteiger partial charge in [-0.25, -0.2) is 9.97 Å². The first-order valence-corrected chi connectivity index (χ1v) is 8.20. The highest BCUT2D eigenvalue weighted by atomic mass is 35.5. The van der Waals surface area contributed by atoms with Gasteiger partial charge in [-0.3, -0.25) is 4.79 Å². The minimum absolute atomic E-state index is 0.207. The maximum atomic E-state index is 12.3. The van der Waals surface area contributed by atoms with Gasteiger partial charge < -0.3 is 5.32 Å². The summed E-state index contributed by atoms with van der Waals surface area (Å²) in [6, 6.07) is 5.34. The van der Waals surface area contributed by atoms with Crippen molar-refractivity contribution >= 4 is 46.0 Å². The Labute approximate surface area is 134 Å². The number of nitrogens with one attached hydrogen (secondary N) is 1. The molecule has 21 heavy (non-hydrogen) atoms. The third-order valence-electron chi connectivity index (χ3n) is 2.74. The lowest BCUT2D eigenvalue weighted by Crippen LogP contribution is -2.12. The average Bonchev–Trinajstić information content (AvgIpc) is 3.10. The Bertz CT molecular complexity index is 766. The highest BCUT2D eigenvalue weighted by Crippen LogP contribution is 2.29. The first-order valence-electron chi connectivity index (χ1n) is 6.06.